The van der Waals surface area contributed by atoms with Gasteiger partial charge < -0.3 is 14.4 Å². The summed E-state index contributed by atoms with van der Waals surface area (Å²) >= 11 is 0. The van der Waals surface area contributed by atoms with Crippen LogP contribution in [0, 0.1) is 5.41 Å². The molecule has 0 N–H and O–H groups in total. The molecule has 1 saturated carbocycles. The minimum atomic E-state index is -0.485. The maximum atomic E-state index is 12.1. The lowest BCUT2D eigenvalue weighted by Crippen LogP contribution is -2.32. The van der Waals surface area contributed by atoms with Gasteiger partial charge in [0.05, 0.1) is 18.8 Å². The van der Waals surface area contributed by atoms with E-state index in [1.807, 2.05) is 13.8 Å². The molecule has 0 heterocycles. The first-order valence-electron chi connectivity index (χ1n) is 8.68. The molecule has 0 aromatic carbocycles. The van der Waals surface area contributed by atoms with Crippen LogP contribution < -0.4 is 0 Å². The summed E-state index contributed by atoms with van der Waals surface area (Å²) in [5.41, 5.74) is -0.178. The molecule has 0 unspecified atom stereocenters. The summed E-state index contributed by atoms with van der Waals surface area (Å²) in [5.74, 6) is -1.36. The van der Waals surface area contributed by atoms with Gasteiger partial charge in [-0.15, -0.1) is 0 Å². The number of ether oxygens (including phenoxy) is 2. The van der Waals surface area contributed by atoms with Crippen LogP contribution in [0.3, 0.4) is 0 Å². The third kappa shape index (κ3) is 7.21. The number of esters is 2. The summed E-state index contributed by atoms with van der Waals surface area (Å²) in [4.78, 5) is 49.0. The highest BCUT2D eigenvalue weighted by molar-refractivity contribution is 6.22. The third-order valence-electron chi connectivity index (χ3n) is 3.71. The number of allylic oxidation sites excluding steroid dienone is 3. The Balaban J connectivity index is 2.84. The van der Waals surface area contributed by atoms with Crippen LogP contribution in [0.1, 0.15) is 40.5 Å². The number of Topliss-reactive ketones (excluding diaryl/α,β-unsaturated/α-hetero) is 2. The van der Waals surface area contributed by atoms with E-state index in [2.05, 4.69) is 0 Å². The number of ketones is 2. The lowest BCUT2D eigenvalue weighted by Gasteiger charge is -2.28. The number of carbonyl (C=O) groups is 4. The van der Waals surface area contributed by atoms with Gasteiger partial charge in [0.1, 0.15) is 13.1 Å². The molecule has 0 saturated heterocycles. The Labute approximate surface area is 154 Å². The number of hydrogen-bond acceptors (Lipinski definition) is 7. The van der Waals surface area contributed by atoms with E-state index in [9.17, 15) is 19.2 Å². The van der Waals surface area contributed by atoms with E-state index >= 15 is 0 Å². The molecule has 144 valence electrons. The molecular weight excluding hydrogens is 338 g/mol. The van der Waals surface area contributed by atoms with E-state index in [-0.39, 0.29) is 48.9 Å². The van der Waals surface area contributed by atoms with Crippen molar-refractivity contribution in [2.24, 2.45) is 5.41 Å². The van der Waals surface area contributed by atoms with E-state index in [0.717, 1.165) is 0 Å². The fraction of sp³-hybridized carbons (Fsp3) is 0.579. The van der Waals surface area contributed by atoms with E-state index in [4.69, 9.17) is 9.47 Å². The predicted molar refractivity (Wildman–Crippen MR) is 95.1 cm³/mol. The van der Waals surface area contributed by atoms with Crippen LogP contribution in [0.2, 0.25) is 0 Å². The van der Waals surface area contributed by atoms with Crippen LogP contribution >= 0.6 is 0 Å². The van der Waals surface area contributed by atoms with Crippen molar-refractivity contribution in [3.05, 3.63) is 23.9 Å². The number of rotatable bonds is 8. The van der Waals surface area contributed by atoms with Gasteiger partial charge in [0.25, 0.3) is 0 Å². The van der Waals surface area contributed by atoms with Crippen LogP contribution in [0.5, 0.6) is 0 Å². The molecule has 0 aromatic heterocycles. The molecule has 1 aliphatic rings. The molecule has 0 radical (unpaired) electrons. The second kappa shape index (κ2) is 9.89. The predicted octanol–water partition coefficient (Wildman–Crippen LogP) is 1.81. The summed E-state index contributed by atoms with van der Waals surface area (Å²) in [6, 6.07) is 0. The van der Waals surface area contributed by atoms with Gasteiger partial charge in [0.2, 0.25) is 0 Å². The molecule has 7 nitrogen and oxygen atoms in total. The molecule has 0 atom stereocenters. The van der Waals surface area contributed by atoms with E-state index in [1.54, 1.807) is 13.8 Å². The van der Waals surface area contributed by atoms with Gasteiger partial charge in [-0.2, -0.15) is 0 Å². The topological polar surface area (TPSA) is 90.0 Å². The van der Waals surface area contributed by atoms with Gasteiger partial charge in [-0.25, -0.2) is 0 Å². The van der Waals surface area contributed by atoms with E-state index in [0.29, 0.717) is 12.8 Å². The number of hydrogen-bond donors (Lipinski definition) is 0. The van der Waals surface area contributed by atoms with Crippen molar-refractivity contribution in [1.29, 1.82) is 0 Å². The van der Waals surface area contributed by atoms with Crippen molar-refractivity contribution in [2.45, 2.75) is 40.5 Å². The summed E-state index contributed by atoms with van der Waals surface area (Å²) in [7, 11) is 0. The van der Waals surface area contributed by atoms with Gasteiger partial charge in [-0.1, -0.05) is 13.8 Å². The van der Waals surface area contributed by atoms with Crippen molar-refractivity contribution in [3.8, 4) is 0 Å². The van der Waals surface area contributed by atoms with Crippen molar-refractivity contribution in [3.63, 3.8) is 0 Å². The summed E-state index contributed by atoms with van der Waals surface area (Å²) in [6.45, 7) is 7.34. The number of carbonyl (C=O) groups excluding carboxylic acids is 4. The summed E-state index contributed by atoms with van der Waals surface area (Å²) in [6.07, 6.45) is 5.02. The third-order valence-corrected chi connectivity index (χ3v) is 3.71. The molecular formula is C19H27NO6. The normalized spacial score (nSPS) is 16.5. The monoisotopic (exact) mass is 365 g/mol. The fourth-order valence-corrected chi connectivity index (χ4v) is 2.63. The zero-order valence-corrected chi connectivity index (χ0v) is 15.9. The Hall–Kier alpha value is -2.44. The number of nitrogens with zero attached hydrogens (tertiary/aromatic N) is 1. The van der Waals surface area contributed by atoms with Gasteiger partial charge >= 0.3 is 11.9 Å². The average Bonchev–Trinajstić information content (AvgIpc) is 2.49. The smallest absolute Gasteiger partial charge is 0.325 e. The lowest BCUT2D eigenvalue weighted by atomic mass is 9.74. The standard InChI is InChI=1S/C19H27NO6/c1-5-25-17(23)12-20(13-18(24)26-6-2)9-7-8-14-15(21)10-19(3,4)11-16(14)22/h7-9H,5-6,10-13H2,1-4H3/b9-7+. The van der Waals surface area contributed by atoms with E-state index in [1.165, 1.54) is 23.3 Å². The molecule has 0 spiro atoms. The highest BCUT2D eigenvalue weighted by atomic mass is 16.5. The summed E-state index contributed by atoms with van der Waals surface area (Å²) in [5, 5.41) is 0. The first-order chi connectivity index (χ1) is 12.2. The van der Waals surface area contributed by atoms with Crippen molar-refractivity contribution in [1.82, 2.24) is 4.90 Å². The molecule has 1 rings (SSSR count). The zero-order chi connectivity index (χ0) is 19.7. The van der Waals surface area contributed by atoms with Crippen LogP contribution in [0.25, 0.3) is 0 Å². The molecule has 0 aromatic rings. The maximum absolute atomic E-state index is 12.1. The van der Waals surface area contributed by atoms with Crippen LogP contribution in [0.4, 0.5) is 0 Å². The second-order valence-electron chi connectivity index (χ2n) is 6.80. The fourth-order valence-electron chi connectivity index (χ4n) is 2.63. The Bertz CT molecular complexity index is 576. The highest BCUT2D eigenvalue weighted by Gasteiger charge is 2.35. The first-order valence-corrected chi connectivity index (χ1v) is 8.68. The first kappa shape index (κ1) is 21.6. The quantitative estimate of drug-likeness (QED) is 0.368. The summed E-state index contributed by atoms with van der Waals surface area (Å²) < 4.78 is 9.75. The molecule has 7 heteroatoms. The largest absolute Gasteiger partial charge is 0.465 e. The second-order valence-corrected chi connectivity index (χ2v) is 6.80. The average molecular weight is 365 g/mol. The SMILES string of the molecule is CCOC(=O)CN(/C=C/C=C1C(=O)CC(C)(C)CC1=O)CC(=O)OCC. The van der Waals surface area contributed by atoms with Gasteiger partial charge in [-0.05, 0) is 31.4 Å². The highest BCUT2D eigenvalue weighted by Crippen LogP contribution is 2.33. The lowest BCUT2D eigenvalue weighted by molar-refractivity contribution is -0.147. The van der Waals surface area contributed by atoms with Crippen molar-refractivity contribution in [2.75, 3.05) is 26.3 Å². The molecule has 1 aliphatic carbocycles. The van der Waals surface area contributed by atoms with Crippen molar-refractivity contribution >= 4 is 23.5 Å². The Morgan fingerprint density at radius 3 is 1.88 bits per heavy atom. The molecule has 0 aliphatic heterocycles. The van der Waals surface area contributed by atoms with Gasteiger partial charge in [0.15, 0.2) is 11.6 Å². The van der Waals surface area contributed by atoms with Crippen LogP contribution in [0.15, 0.2) is 23.9 Å². The van der Waals surface area contributed by atoms with E-state index < -0.39 is 11.9 Å². The molecule has 0 amide bonds. The minimum Gasteiger partial charge on any atom is -0.465 e. The maximum Gasteiger partial charge on any atom is 0.325 e. The van der Waals surface area contributed by atoms with Crippen LogP contribution in [-0.2, 0) is 28.7 Å². The van der Waals surface area contributed by atoms with Gasteiger partial charge in [0, 0.05) is 19.0 Å². The Morgan fingerprint density at radius 2 is 1.46 bits per heavy atom. The Morgan fingerprint density at radius 1 is 1.00 bits per heavy atom. The molecule has 0 bridgehead atoms. The molecule has 26 heavy (non-hydrogen) atoms. The van der Waals surface area contributed by atoms with Gasteiger partial charge in [-0.3, -0.25) is 19.2 Å². The zero-order valence-electron chi connectivity index (χ0n) is 15.9. The molecule has 1 fully saturated rings. The minimum absolute atomic E-state index is 0.138. The van der Waals surface area contributed by atoms with Crippen molar-refractivity contribution < 1.29 is 28.7 Å². The van der Waals surface area contributed by atoms with Crippen LogP contribution in [-0.4, -0.2) is 54.7 Å². The Kier molecular flexibility index (Phi) is 8.22.